The third kappa shape index (κ3) is 4.75. The highest BCUT2D eigenvalue weighted by Gasteiger charge is 2.61. The molecule has 0 amide bonds. The van der Waals surface area contributed by atoms with Crippen LogP contribution in [0.1, 0.15) is 49.1 Å². The van der Waals surface area contributed by atoms with Gasteiger partial charge < -0.3 is 14.1 Å². The van der Waals surface area contributed by atoms with Crippen LogP contribution in [0.2, 0.25) is 0 Å². The molecule has 1 fully saturated rings. The van der Waals surface area contributed by atoms with Crippen molar-refractivity contribution in [2.75, 3.05) is 11.4 Å². The Labute approximate surface area is 216 Å². The number of aromatic nitrogens is 3. The van der Waals surface area contributed by atoms with Crippen molar-refractivity contribution >= 4 is 11.5 Å². The lowest BCUT2D eigenvalue weighted by Gasteiger charge is -2.32. The summed E-state index contributed by atoms with van der Waals surface area (Å²) in [6.07, 6.45) is 0.579. The Kier molecular flexibility index (Phi) is 6.91. The zero-order chi connectivity index (χ0) is 26.9. The summed E-state index contributed by atoms with van der Waals surface area (Å²) in [5, 5.41) is 19.4. The zero-order valence-corrected chi connectivity index (χ0v) is 20.6. The van der Waals surface area contributed by atoms with E-state index in [4.69, 9.17) is 9.15 Å². The van der Waals surface area contributed by atoms with Gasteiger partial charge in [-0.3, -0.25) is 10.1 Å². The second-order valence-corrected chi connectivity index (χ2v) is 9.50. The van der Waals surface area contributed by atoms with E-state index in [-0.39, 0.29) is 24.8 Å². The normalized spacial score (nSPS) is 21.7. The van der Waals surface area contributed by atoms with E-state index in [0.29, 0.717) is 29.9 Å². The van der Waals surface area contributed by atoms with Gasteiger partial charge in [-0.15, -0.1) is 10.2 Å². The molecule has 4 bridgehead atoms. The van der Waals surface area contributed by atoms with Gasteiger partial charge >= 0.3 is 11.9 Å². The Bertz CT molecular complexity index is 1340. The summed E-state index contributed by atoms with van der Waals surface area (Å²) in [5.41, 5.74) is -2.50. The molecule has 38 heavy (non-hydrogen) atoms. The van der Waals surface area contributed by atoms with Crippen LogP contribution in [0.3, 0.4) is 0 Å². The quantitative estimate of drug-likeness (QED) is 0.229. The number of pyridine rings is 1. The van der Waals surface area contributed by atoms with E-state index in [1.165, 1.54) is 6.07 Å². The number of fused-ring (bicyclic) bond motifs is 7. The number of hydrogen-bond acceptors (Lipinski definition) is 8. The number of alkyl halides is 3. The summed E-state index contributed by atoms with van der Waals surface area (Å²) in [6.45, 7) is 2.08. The second-order valence-electron chi connectivity index (χ2n) is 9.50. The first-order valence-electron chi connectivity index (χ1n) is 12.4. The smallest absolute Gasteiger partial charge is 0.415 e. The number of allylic oxidation sites excluding steroid dienone is 1. The van der Waals surface area contributed by atoms with Crippen molar-refractivity contribution in [2.45, 2.75) is 63.5 Å². The number of rotatable bonds is 4. The van der Waals surface area contributed by atoms with Crippen molar-refractivity contribution in [2.24, 2.45) is 0 Å². The zero-order valence-electron chi connectivity index (χ0n) is 20.6. The maximum atomic E-state index is 14.8. The minimum atomic E-state index is -4.92. The van der Waals surface area contributed by atoms with Crippen LogP contribution in [-0.4, -0.2) is 38.9 Å². The predicted molar refractivity (Wildman–Crippen MR) is 131 cm³/mol. The number of benzene rings is 1. The first kappa shape index (κ1) is 25.8. The molecule has 0 aliphatic carbocycles. The molecule has 0 radical (unpaired) electrons. The Morgan fingerprint density at radius 3 is 2.76 bits per heavy atom. The molecule has 0 saturated carbocycles. The van der Waals surface area contributed by atoms with Gasteiger partial charge in [-0.05, 0) is 50.2 Å². The molecule has 4 heterocycles. The molecular formula is C26H26F3N5O4. The van der Waals surface area contributed by atoms with Gasteiger partial charge in [0.15, 0.2) is 0 Å². The monoisotopic (exact) mass is 529 g/mol. The molecule has 9 nitrogen and oxygen atoms in total. The third-order valence-electron chi connectivity index (χ3n) is 7.01. The molecule has 1 saturated heterocycles. The maximum Gasteiger partial charge on any atom is 0.426 e. The lowest BCUT2D eigenvalue weighted by molar-refractivity contribution is -0.384. The molecule has 3 aromatic rings. The standard InChI is InChI=1S/C26H26F3N5O4/c1-17-15-20(34(35)36)21-23-31-32-24(38-23)25(26(27,28)29,37-16-18-9-4-2-5-10-18)13-7-3-6-11-19-12-8-14-33(19)22(17)30-21/h2-6,9-10,15,19H,7-8,11-14,16H2,1H3/t19-,25?/m1/s1. The maximum absolute atomic E-state index is 14.8. The van der Waals surface area contributed by atoms with Crippen LogP contribution in [0.15, 0.2) is 53.0 Å². The molecule has 5 rings (SSSR count). The molecule has 1 aromatic carbocycles. The van der Waals surface area contributed by atoms with Gasteiger partial charge in [0, 0.05) is 18.7 Å². The van der Waals surface area contributed by atoms with Crippen molar-refractivity contribution < 1.29 is 27.2 Å². The summed E-state index contributed by atoms with van der Waals surface area (Å²) < 4.78 is 55.5. The number of hydrogen-bond donors (Lipinski definition) is 0. The van der Waals surface area contributed by atoms with E-state index in [1.54, 1.807) is 43.3 Å². The molecule has 1 unspecified atom stereocenters. The van der Waals surface area contributed by atoms with Crippen LogP contribution in [0, 0.1) is 17.0 Å². The van der Waals surface area contributed by atoms with Crippen molar-refractivity contribution in [3.8, 4) is 11.6 Å². The topological polar surface area (TPSA) is 107 Å². The molecule has 2 aliphatic heterocycles. The first-order valence-corrected chi connectivity index (χ1v) is 12.4. The highest BCUT2D eigenvalue weighted by Crippen LogP contribution is 2.47. The minimum Gasteiger partial charge on any atom is -0.415 e. The average molecular weight is 530 g/mol. The average Bonchev–Trinajstić information content (AvgIpc) is 3.55. The predicted octanol–water partition coefficient (Wildman–Crippen LogP) is 6.03. The number of nitro groups is 1. The number of ether oxygens (including phenoxy) is 1. The molecule has 2 aliphatic rings. The van der Waals surface area contributed by atoms with Crippen LogP contribution < -0.4 is 4.90 Å². The Morgan fingerprint density at radius 1 is 1.24 bits per heavy atom. The largest absolute Gasteiger partial charge is 0.426 e. The van der Waals surface area contributed by atoms with Crippen LogP contribution in [-0.2, 0) is 16.9 Å². The SMILES string of the molecule is Cc1cc([N+](=O)[O-])c2nc1N1CCC[C@H]1CC=CCCC(OCc1ccccc1)(C(F)(F)F)c1nnc-2o1. The number of halogens is 3. The summed E-state index contributed by atoms with van der Waals surface area (Å²) in [6, 6.07) is 9.87. The fraction of sp³-hybridized carbons (Fsp3) is 0.423. The van der Waals surface area contributed by atoms with Crippen molar-refractivity contribution in [1.29, 1.82) is 0 Å². The molecule has 12 heteroatoms. The van der Waals surface area contributed by atoms with Gasteiger partial charge in [0.05, 0.1) is 11.5 Å². The minimum absolute atomic E-state index is 0.0431. The van der Waals surface area contributed by atoms with E-state index >= 15 is 0 Å². The number of nitrogens with zero attached hydrogens (tertiary/aromatic N) is 5. The van der Waals surface area contributed by atoms with Crippen LogP contribution >= 0.6 is 0 Å². The molecular weight excluding hydrogens is 503 g/mol. The third-order valence-corrected chi connectivity index (χ3v) is 7.01. The van der Waals surface area contributed by atoms with Gasteiger partial charge in [-0.25, -0.2) is 4.98 Å². The highest BCUT2D eigenvalue weighted by molar-refractivity contribution is 5.68. The molecule has 2 atom stereocenters. The highest BCUT2D eigenvalue weighted by atomic mass is 19.4. The van der Waals surface area contributed by atoms with Crippen LogP contribution in [0.5, 0.6) is 0 Å². The second kappa shape index (κ2) is 10.2. The summed E-state index contributed by atoms with van der Waals surface area (Å²) in [5.74, 6) is -0.771. The number of aryl methyl sites for hydroxylation is 1. The van der Waals surface area contributed by atoms with Crippen LogP contribution in [0.4, 0.5) is 24.7 Å². The van der Waals surface area contributed by atoms with Gasteiger partial charge in [-0.2, -0.15) is 13.2 Å². The Balaban J connectivity index is 1.66. The lowest BCUT2D eigenvalue weighted by atomic mass is 9.95. The fourth-order valence-electron chi connectivity index (χ4n) is 5.04. The van der Waals surface area contributed by atoms with Gasteiger partial charge in [0.2, 0.25) is 11.3 Å². The van der Waals surface area contributed by atoms with E-state index in [9.17, 15) is 23.3 Å². The lowest BCUT2D eigenvalue weighted by Crippen LogP contribution is -2.45. The summed E-state index contributed by atoms with van der Waals surface area (Å²) in [4.78, 5) is 17.8. The fourth-order valence-corrected chi connectivity index (χ4v) is 5.04. The van der Waals surface area contributed by atoms with Crippen LogP contribution in [0.25, 0.3) is 11.6 Å². The molecule has 0 N–H and O–H groups in total. The number of anilines is 1. The van der Waals surface area contributed by atoms with E-state index in [1.807, 2.05) is 6.08 Å². The molecule has 200 valence electrons. The Hall–Kier alpha value is -3.80. The van der Waals surface area contributed by atoms with E-state index < -0.39 is 40.6 Å². The van der Waals surface area contributed by atoms with Gasteiger partial charge in [0.1, 0.15) is 5.82 Å². The van der Waals surface area contributed by atoms with Crippen molar-refractivity contribution in [3.05, 3.63) is 75.7 Å². The van der Waals surface area contributed by atoms with E-state index in [0.717, 1.165) is 12.8 Å². The Morgan fingerprint density at radius 2 is 2.03 bits per heavy atom. The van der Waals surface area contributed by atoms with Gasteiger partial charge in [-0.1, -0.05) is 42.5 Å². The molecule has 2 aromatic heterocycles. The van der Waals surface area contributed by atoms with Crippen molar-refractivity contribution in [1.82, 2.24) is 15.2 Å². The molecule has 0 spiro atoms. The van der Waals surface area contributed by atoms with Gasteiger partial charge in [0.25, 0.3) is 11.8 Å². The first-order chi connectivity index (χ1) is 18.2. The van der Waals surface area contributed by atoms with E-state index in [2.05, 4.69) is 20.1 Å². The summed E-state index contributed by atoms with van der Waals surface area (Å²) in [7, 11) is 0. The van der Waals surface area contributed by atoms with Crippen molar-refractivity contribution in [3.63, 3.8) is 0 Å². The summed E-state index contributed by atoms with van der Waals surface area (Å²) >= 11 is 0.